The summed E-state index contributed by atoms with van der Waals surface area (Å²) in [6.07, 6.45) is -4.13. The van der Waals surface area contributed by atoms with E-state index in [9.17, 15) is 13.2 Å². The second-order valence-corrected chi connectivity index (χ2v) is 5.18. The van der Waals surface area contributed by atoms with Gasteiger partial charge in [0.1, 0.15) is 0 Å². The van der Waals surface area contributed by atoms with Crippen LogP contribution in [0.1, 0.15) is 12.8 Å². The lowest BCUT2D eigenvalue weighted by Gasteiger charge is -2.42. The van der Waals surface area contributed by atoms with Crippen LogP contribution in [0.4, 0.5) is 18.9 Å². The predicted molar refractivity (Wildman–Crippen MR) is 71.2 cm³/mol. The number of piperidine rings is 1. The Labute approximate surface area is 116 Å². The van der Waals surface area contributed by atoms with Crippen molar-refractivity contribution >= 4 is 5.69 Å². The molecule has 0 spiro atoms. The summed E-state index contributed by atoms with van der Waals surface area (Å²) in [6, 6.07) is 9.45. The van der Waals surface area contributed by atoms with Crippen LogP contribution in [0.15, 0.2) is 30.3 Å². The van der Waals surface area contributed by atoms with Crippen molar-refractivity contribution < 1.29 is 17.9 Å². The summed E-state index contributed by atoms with van der Waals surface area (Å²) in [5.41, 5.74) is 2.31. The van der Waals surface area contributed by atoms with Crippen molar-refractivity contribution in [3.05, 3.63) is 30.3 Å². The van der Waals surface area contributed by atoms with Gasteiger partial charge in [0, 0.05) is 25.9 Å². The number of hydrazine groups is 1. The number of halogens is 3. The van der Waals surface area contributed by atoms with Crippen LogP contribution in [0.5, 0.6) is 0 Å². The maximum absolute atomic E-state index is 13.2. The highest BCUT2D eigenvalue weighted by Crippen LogP contribution is 2.46. The number of hydrogen-bond acceptors (Lipinski definition) is 3. The summed E-state index contributed by atoms with van der Waals surface area (Å²) in [4.78, 5) is 0. The van der Waals surface area contributed by atoms with E-state index in [0.29, 0.717) is 13.1 Å². The van der Waals surface area contributed by atoms with Crippen LogP contribution >= 0.6 is 0 Å². The van der Waals surface area contributed by atoms with E-state index in [1.54, 1.807) is 0 Å². The molecule has 1 aromatic carbocycles. The smallest absolute Gasteiger partial charge is 0.384 e. The van der Waals surface area contributed by atoms with Gasteiger partial charge in [-0.2, -0.15) is 13.2 Å². The summed E-state index contributed by atoms with van der Waals surface area (Å²) < 4.78 is 44.5. The van der Waals surface area contributed by atoms with E-state index in [4.69, 9.17) is 4.74 Å². The van der Waals surface area contributed by atoms with Gasteiger partial charge in [-0.1, -0.05) is 18.2 Å². The first-order valence-electron chi connectivity index (χ1n) is 6.59. The van der Waals surface area contributed by atoms with Crippen LogP contribution in [0.2, 0.25) is 0 Å². The normalized spacial score (nSPS) is 19.8. The molecule has 6 heteroatoms. The van der Waals surface area contributed by atoms with Crippen molar-refractivity contribution in [1.82, 2.24) is 5.01 Å². The molecule has 20 heavy (non-hydrogen) atoms. The number of anilines is 1. The number of benzene rings is 1. The zero-order valence-electron chi connectivity index (χ0n) is 11.4. The van der Waals surface area contributed by atoms with Crippen LogP contribution < -0.4 is 5.43 Å². The summed E-state index contributed by atoms with van der Waals surface area (Å²) in [6.45, 7) is 0.422. The third-order valence-corrected chi connectivity index (χ3v) is 3.80. The fourth-order valence-corrected chi connectivity index (χ4v) is 2.53. The Hall–Kier alpha value is -1.27. The Balaban J connectivity index is 1.97. The Morgan fingerprint density at radius 1 is 1.20 bits per heavy atom. The van der Waals surface area contributed by atoms with Gasteiger partial charge in [-0.25, -0.2) is 5.01 Å². The number of rotatable bonds is 4. The molecule has 1 aliphatic rings. The molecule has 112 valence electrons. The van der Waals surface area contributed by atoms with Crippen molar-refractivity contribution in [2.45, 2.75) is 19.0 Å². The van der Waals surface area contributed by atoms with E-state index in [1.165, 1.54) is 7.11 Å². The van der Waals surface area contributed by atoms with E-state index < -0.39 is 11.6 Å². The average Bonchev–Trinajstić information content (AvgIpc) is 2.41. The minimum absolute atomic E-state index is 0.0458. The summed E-state index contributed by atoms with van der Waals surface area (Å²) in [5, 5.41) is 1.83. The van der Waals surface area contributed by atoms with Gasteiger partial charge >= 0.3 is 6.18 Å². The van der Waals surface area contributed by atoms with E-state index >= 15 is 0 Å². The number of hydrogen-bond donors (Lipinski definition) is 1. The molecule has 0 unspecified atom stereocenters. The second-order valence-electron chi connectivity index (χ2n) is 5.18. The Morgan fingerprint density at radius 3 is 2.30 bits per heavy atom. The van der Waals surface area contributed by atoms with Crippen molar-refractivity contribution in [3.63, 3.8) is 0 Å². The van der Waals surface area contributed by atoms with Gasteiger partial charge in [0.15, 0.2) is 0 Å². The number of nitrogens with zero attached hydrogens (tertiary/aromatic N) is 1. The number of nitrogens with one attached hydrogen (secondary N) is 1. The van der Waals surface area contributed by atoms with Crippen LogP contribution in [0, 0.1) is 5.41 Å². The zero-order valence-corrected chi connectivity index (χ0v) is 11.4. The van der Waals surface area contributed by atoms with E-state index in [2.05, 4.69) is 5.43 Å². The molecule has 1 fully saturated rings. The molecule has 0 aromatic heterocycles. The summed E-state index contributed by atoms with van der Waals surface area (Å²) in [5.74, 6) is 0. The SMILES string of the molecule is COCC1(C(F)(F)F)CCN(Nc2ccccc2)CC1. The maximum atomic E-state index is 13.2. The van der Waals surface area contributed by atoms with E-state index in [0.717, 1.165) is 5.69 Å². The van der Waals surface area contributed by atoms with Crippen LogP contribution in [0.25, 0.3) is 0 Å². The highest BCUT2D eigenvalue weighted by atomic mass is 19.4. The first kappa shape index (κ1) is 15.1. The molecule has 0 radical (unpaired) electrons. The van der Waals surface area contributed by atoms with Crippen molar-refractivity contribution in [1.29, 1.82) is 0 Å². The van der Waals surface area contributed by atoms with Gasteiger partial charge in [0.25, 0.3) is 0 Å². The molecule has 0 aliphatic carbocycles. The molecule has 1 heterocycles. The Kier molecular flexibility index (Phi) is 4.55. The molecule has 1 N–H and O–H groups in total. The zero-order chi connectivity index (χ0) is 14.6. The quantitative estimate of drug-likeness (QED) is 0.920. The second kappa shape index (κ2) is 6.01. The number of para-hydroxylation sites is 1. The first-order chi connectivity index (χ1) is 9.47. The minimum Gasteiger partial charge on any atom is -0.384 e. The Bertz CT molecular complexity index is 414. The number of alkyl halides is 3. The molecular formula is C14H19F3N2O. The molecule has 0 amide bonds. The van der Waals surface area contributed by atoms with E-state index in [-0.39, 0.29) is 19.4 Å². The fourth-order valence-electron chi connectivity index (χ4n) is 2.53. The van der Waals surface area contributed by atoms with Gasteiger partial charge in [0.2, 0.25) is 0 Å². The molecule has 0 saturated carbocycles. The fraction of sp³-hybridized carbons (Fsp3) is 0.571. The molecule has 3 nitrogen and oxygen atoms in total. The van der Waals surface area contributed by atoms with Crippen molar-refractivity contribution in [3.8, 4) is 0 Å². The monoisotopic (exact) mass is 288 g/mol. The highest BCUT2D eigenvalue weighted by molar-refractivity contribution is 5.41. The highest BCUT2D eigenvalue weighted by Gasteiger charge is 2.55. The molecule has 1 aliphatic heterocycles. The van der Waals surface area contributed by atoms with Crippen molar-refractivity contribution in [2.24, 2.45) is 5.41 Å². The lowest BCUT2D eigenvalue weighted by molar-refractivity contribution is -0.250. The standard InChI is InChI=1S/C14H19F3N2O/c1-20-11-13(14(15,16)17)7-9-19(10-8-13)18-12-5-3-2-4-6-12/h2-6,18H,7-11H2,1H3. The van der Waals surface area contributed by atoms with Gasteiger partial charge in [0.05, 0.1) is 12.0 Å². The predicted octanol–water partition coefficient (Wildman–Crippen LogP) is 3.30. The molecule has 1 aromatic rings. The van der Waals surface area contributed by atoms with Gasteiger partial charge in [-0.05, 0) is 25.0 Å². The third-order valence-electron chi connectivity index (χ3n) is 3.80. The lowest BCUT2D eigenvalue weighted by atomic mass is 9.78. The third kappa shape index (κ3) is 3.24. The summed E-state index contributed by atoms with van der Waals surface area (Å²) in [7, 11) is 1.32. The molecule has 0 bridgehead atoms. The molecule has 2 rings (SSSR count). The molecular weight excluding hydrogens is 269 g/mol. The minimum atomic E-state index is -4.22. The van der Waals surface area contributed by atoms with E-state index in [1.807, 2.05) is 35.3 Å². The largest absolute Gasteiger partial charge is 0.396 e. The maximum Gasteiger partial charge on any atom is 0.396 e. The van der Waals surface area contributed by atoms with Crippen molar-refractivity contribution in [2.75, 3.05) is 32.2 Å². The number of methoxy groups -OCH3 is 1. The topological polar surface area (TPSA) is 24.5 Å². The summed E-state index contributed by atoms with van der Waals surface area (Å²) >= 11 is 0. The van der Waals surface area contributed by atoms with Gasteiger partial charge in [-0.3, -0.25) is 0 Å². The Morgan fingerprint density at radius 2 is 1.80 bits per heavy atom. The first-order valence-corrected chi connectivity index (χ1v) is 6.59. The molecule has 0 atom stereocenters. The van der Waals surface area contributed by atoms with Crippen LogP contribution in [-0.2, 0) is 4.74 Å². The van der Waals surface area contributed by atoms with Gasteiger partial charge < -0.3 is 10.2 Å². The van der Waals surface area contributed by atoms with Gasteiger partial charge in [-0.15, -0.1) is 0 Å². The van der Waals surface area contributed by atoms with Crippen LogP contribution in [0.3, 0.4) is 0 Å². The average molecular weight is 288 g/mol. The molecule has 1 saturated heterocycles. The lowest BCUT2D eigenvalue weighted by Crippen LogP contribution is -2.51. The number of ether oxygens (including phenoxy) is 1. The van der Waals surface area contributed by atoms with Crippen LogP contribution in [-0.4, -0.2) is 38.0 Å².